The molecule has 3 N–H and O–H groups in total. The van der Waals surface area contributed by atoms with Crippen molar-refractivity contribution in [1.29, 1.82) is 0 Å². The van der Waals surface area contributed by atoms with Crippen molar-refractivity contribution < 1.29 is 8.42 Å². The van der Waals surface area contributed by atoms with Gasteiger partial charge in [-0.1, -0.05) is 11.6 Å². The zero-order valence-corrected chi connectivity index (χ0v) is 9.15. The van der Waals surface area contributed by atoms with Gasteiger partial charge in [0.05, 0.1) is 0 Å². The van der Waals surface area contributed by atoms with Gasteiger partial charge in [-0.25, -0.2) is 9.44 Å². The van der Waals surface area contributed by atoms with Gasteiger partial charge in [0.25, 0.3) is 10.2 Å². The fraction of sp³-hybridized carbons (Fsp3) is 0.750. The highest BCUT2D eigenvalue weighted by Gasteiger charge is 2.06. The van der Waals surface area contributed by atoms with Crippen LogP contribution in [0.1, 0.15) is 12.8 Å². The van der Waals surface area contributed by atoms with Gasteiger partial charge < -0.3 is 5.32 Å². The lowest BCUT2D eigenvalue weighted by atomic mass is 10.1. The number of rotatable bonds is 5. The molecule has 0 saturated carbocycles. The van der Waals surface area contributed by atoms with Crippen molar-refractivity contribution in [1.82, 2.24) is 14.8 Å². The van der Waals surface area contributed by atoms with E-state index in [1.54, 1.807) is 0 Å². The maximum absolute atomic E-state index is 11.0. The second kappa shape index (κ2) is 5.45. The van der Waals surface area contributed by atoms with Gasteiger partial charge in [0.1, 0.15) is 0 Å². The van der Waals surface area contributed by atoms with Crippen molar-refractivity contribution in [3.8, 4) is 0 Å². The van der Waals surface area contributed by atoms with Crippen LogP contribution in [0.5, 0.6) is 0 Å². The van der Waals surface area contributed by atoms with Gasteiger partial charge in [0.15, 0.2) is 0 Å². The van der Waals surface area contributed by atoms with Crippen molar-refractivity contribution in [3.63, 3.8) is 0 Å². The lowest BCUT2D eigenvalue weighted by molar-refractivity contribution is 0.571. The first-order valence-corrected chi connectivity index (χ1v) is 6.19. The monoisotopic (exact) mass is 219 g/mol. The third-order valence-electron chi connectivity index (χ3n) is 2.16. The standard InChI is InChI=1S/C8H17N3O2S/c1-9-14(12,13)11-7-4-8-2-5-10-6-3-8/h2,9-11H,3-7H2,1H3. The van der Waals surface area contributed by atoms with E-state index in [9.17, 15) is 8.42 Å². The van der Waals surface area contributed by atoms with Gasteiger partial charge in [-0.3, -0.25) is 0 Å². The van der Waals surface area contributed by atoms with E-state index >= 15 is 0 Å². The molecule has 0 aliphatic carbocycles. The highest BCUT2D eigenvalue weighted by atomic mass is 32.2. The van der Waals surface area contributed by atoms with Crippen LogP contribution in [0.3, 0.4) is 0 Å². The fourth-order valence-electron chi connectivity index (χ4n) is 1.31. The largest absolute Gasteiger partial charge is 0.313 e. The first kappa shape index (κ1) is 11.6. The Hall–Kier alpha value is -0.430. The van der Waals surface area contributed by atoms with Crippen molar-refractivity contribution in [2.45, 2.75) is 12.8 Å². The molecule has 0 bridgehead atoms. The van der Waals surface area contributed by atoms with Crippen LogP contribution in [-0.2, 0) is 10.2 Å². The average Bonchev–Trinajstić information content (AvgIpc) is 2.19. The number of nitrogens with one attached hydrogen (secondary N) is 3. The minimum Gasteiger partial charge on any atom is -0.313 e. The Morgan fingerprint density at radius 2 is 2.36 bits per heavy atom. The van der Waals surface area contributed by atoms with Gasteiger partial charge in [0.2, 0.25) is 0 Å². The summed E-state index contributed by atoms with van der Waals surface area (Å²) >= 11 is 0. The molecule has 0 aromatic heterocycles. The molecule has 0 fully saturated rings. The smallest absolute Gasteiger partial charge is 0.276 e. The Labute approximate surface area is 85.1 Å². The molecule has 1 rings (SSSR count). The van der Waals surface area contributed by atoms with Crippen molar-refractivity contribution in [3.05, 3.63) is 11.6 Å². The highest BCUT2D eigenvalue weighted by Crippen LogP contribution is 2.07. The molecular weight excluding hydrogens is 202 g/mol. The second-order valence-electron chi connectivity index (χ2n) is 3.17. The highest BCUT2D eigenvalue weighted by molar-refractivity contribution is 7.87. The van der Waals surface area contributed by atoms with Gasteiger partial charge >= 0.3 is 0 Å². The maximum atomic E-state index is 11.0. The van der Waals surface area contributed by atoms with Crippen molar-refractivity contribution in [2.24, 2.45) is 0 Å². The Morgan fingerprint density at radius 3 is 2.93 bits per heavy atom. The third-order valence-corrected chi connectivity index (χ3v) is 3.29. The van der Waals surface area contributed by atoms with E-state index in [1.807, 2.05) is 0 Å². The van der Waals surface area contributed by atoms with E-state index in [4.69, 9.17) is 0 Å². The predicted molar refractivity (Wildman–Crippen MR) is 56.2 cm³/mol. The molecule has 0 saturated heterocycles. The Morgan fingerprint density at radius 1 is 1.57 bits per heavy atom. The first-order chi connectivity index (χ1) is 6.64. The summed E-state index contributed by atoms with van der Waals surface area (Å²) in [7, 11) is -1.87. The molecule has 14 heavy (non-hydrogen) atoms. The van der Waals surface area contributed by atoms with Crippen LogP contribution in [-0.4, -0.2) is 35.1 Å². The Bertz CT molecular complexity index is 298. The maximum Gasteiger partial charge on any atom is 0.276 e. The number of hydrogen-bond donors (Lipinski definition) is 3. The molecule has 1 aliphatic rings. The molecule has 0 unspecified atom stereocenters. The molecule has 5 nitrogen and oxygen atoms in total. The summed E-state index contributed by atoms with van der Waals surface area (Å²) in [6.07, 6.45) is 3.93. The number of hydrogen-bond acceptors (Lipinski definition) is 3. The average molecular weight is 219 g/mol. The summed E-state index contributed by atoms with van der Waals surface area (Å²) in [5.74, 6) is 0. The third kappa shape index (κ3) is 4.19. The molecular formula is C8H17N3O2S. The van der Waals surface area contributed by atoms with Crippen LogP contribution in [0.4, 0.5) is 0 Å². The Kier molecular flexibility index (Phi) is 4.53. The zero-order valence-electron chi connectivity index (χ0n) is 8.34. The summed E-state index contributed by atoms with van der Waals surface area (Å²) in [4.78, 5) is 0. The molecule has 0 aromatic rings. The van der Waals surface area contributed by atoms with E-state index in [2.05, 4.69) is 20.8 Å². The molecule has 82 valence electrons. The van der Waals surface area contributed by atoms with E-state index in [0.717, 1.165) is 25.9 Å². The molecule has 0 atom stereocenters. The van der Waals surface area contributed by atoms with Crippen LogP contribution < -0.4 is 14.8 Å². The molecule has 0 spiro atoms. The van der Waals surface area contributed by atoms with Gasteiger partial charge in [0, 0.05) is 20.1 Å². The van der Waals surface area contributed by atoms with Crippen LogP contribution in [0.25, 0.3) is 0 Å². The van der Waals surface area contributed by atoms with Crippen LogP contribution in [0.15, 0.2) is 11.6 Å². The van der Waals surface area contributed by atoms with Gasteiger partial charge in [-0.15, -0.1) is 0 Å². The van der Waals surface area contributed by atoms with Crippen molar-refractivity contribution in [2.75, 3.05) is 26.7 Å². The second-order valence-corrected chi connectivity index (χ2v) is 4.87. The summed E-state index contributed by atoms with van der Waals surface area (Å²) in [6, 6.07) is 0. The molecule has 1 aliphatic heterocycles. The van der Waals surface area contributed by atoms with E-state index < -0.39 is 10.2 Å². The van der Waals surface area contributed by atoms with Crippen molar-refractivity contribution >= 4 is 10.2 Å². The van der Waals surface area contributed by atoms with Crippen LogP contribution >= 0.6 is 0 Å². The minimum atomic E-state index is -3.26. The predicted octanol–water partition coefficient (Wildman–Crippen LogP) is -0.650. The van der Waals surface area contributed by atoms with E-state index in [-0.39, 0.29) is 0 Å². The summed E-state index contributed by atoms with van der Waals surface area (Å²) in [5, 5.41) is 3.21. The molecule has 0 amide bonds. The molecule has 0 aromatic carbocycles. The van der Waals surface area contributed by atoms with Crippen LogP contribution in [0.2, 0.25) is 0 Å². The molecule has 1 heterocycles. The zero-order chi connectivity index (χ0) is 10.4. The summed E-state index contributed by atoms with van der Waals surface area (Å²) < 4.78 is 26.6. The fourth-order valence-corrected chi connectivity index (χ4v) is 1.83. The first-order valence-electron chi connectivity index (χ1n) is 4.71. The SMILES string of the molecule is CNS(=O)(=O)NCCC1=CCNCC1. The van der Waals surface area contributed by atoms with Gasteiger partial charge in [-0.2, -0.15) is 8.42 Å². The van der Waals surface area contributed by atoms with Gasteiger partial charge in [-0.05, 0) is 19.4 Å². The summed E-state index contributed by atoms with van der Waals surface area (Å²) in [5.41, 5.74) is 1.32. The summed E-state index contributed by atoms with van der Waals surface area (Å²) in [6.45, 7) is 2.35. The molecule has 6 heteroatoms. The quantitative estimate of drug-likeness (QED) is 0.538. The normalized spacial score (nSPS) is 17.9. The lowest BCUT2D eigenvalue weighted by Gasteiger charge is -2.13. The van der Waals surface area contributed by atoms with E-state index in [0.29, 0.717) is 6.54 Å². The van der Waals surface area contributed by atoms with Crippen LogP contribution in [0, 0.1) is 0 Å². The molecule has 0 radical (unpaired) electrons. The van der Waals surface area contributed by atoms with E-state index in [1.165, 1.54) is 12.6 Å². The Balaban J connectivity index is 2.24. The lowest BCUT2D eigenvalue weighted by Crippen LogP contribution is -2.35. The minimum absolute atomic E-state index is 0.467. The topological polar surface area (TPSA) is 70.2 Å².